The number of fused-ring (bicyclic) bond motifs is 1. The summed E-state index contributed by atoms with van der Waals surface area (Å²) in [7, 11) is 0. The Balaban J connectivity index is 1.54. The molecule has 0 aliphatic carbocycles. The number of hydrogen-bond acceptors (Lipinski definition) is 3. The summed E-state index contributed by atoms with van der Waals surface area (Å²) in [5, 5.41) is 3.57. The molecule has 2 fully saturated rings. The average Bonchev–Trinajstić information content (AvgIpc) is 2.74. The Morgan fingerprint density at radius 1 is 1.11 bits per heavy atom. The van der Waals surface area contributed by atoms with E-state index in [2.05, 4.69) is 35.9 Å². The van der Waals surface area contributed by atoms with Gasteiger partial charge in [-0.3, -0.25) is 4.90 Å². The fourth-order valence-corrected chi connectivity index (χ4v) is 3.18. The highest BCUT2D eigenvalue weighted by Gasteiger charge is 2.29. The van der Waals surface area contributed by atoms with Gasteiger partial charge >= 0.3 is 0 Å². The van der Waals surface area contributed by atoms with Crippen LogP contribution in [0.3, 0.4) is 0 Å². The Kier molecular flexibility index (Phi) is 5.05. The zero-order valence-corrected chi connectivity index (χ0v) is 12.5. The van der Waals surface area contributed by atoms with E-state index < -0.39 is 0 Å². The van der Waals surface area contributed by atoms with E-state index in [1.54, 1.807) is 0 Å². The van der Waals surface area contributed by atoms with Crippen LogP contribution in [0.2, 0.25) is 0 Å². The van der Waals surface area contributed by atoms with Crippen molar-refractivity contribution in [1.29, 1.82) is 0 Å². The average molecular weight is 253 g/mol. The maximum Gasteiger partial charge on any atom is 0.0224 e. The Bertz CT molecular complexity index is 247. The van der Waals surface area contributed by atoms with Gasteiger partial charge in [0.05, 0.1) is 0 Å². The summed E-state index contributed by atoms with van der Waals surface area (Å²) in [5.41, 5.74) is 0.273. The maximum absolute atomic E-state index is 3.57. The highest BCUT2D eigenvalue weighted by atomic mass is 15.3. The van der Waals surface area contributed by atoms with E-state index in [1.165, 1.54) is 58.4 Å². The first-order valence-corrected chi connectivity index (χ1v) is 7.76. The molecule has 2 saturated heterocycles. The summed E-state index contributed by atoms with van der Waals surface area (Å²) < 4.78 is 0. The van der Waals surface area contributed by atoms with Crippen LogP contribution in [0.15, 0.2) is 0 Å². The third-order valence-corrected chi connectivity index (χ3v) is 4.23. The normalized spacial score (nSPS) is 26.5. The molecular formula is C15H31N3. The molecule has 3 nitrogen and oxygen atoms in total. The Morgan fingerprint density at radius 3 is 2.72 bits per heavy atom. The lowest BCUT2D eigenvalue weighted by Gasteiger charge is -2.37. The van der Waals surface area contributed by atoms with Crippen molar-refractivity contribution in [2.45, 2.75) is 58.0 Å². The molecule has 18 heavy (non-hydrogen) atoms. The summed E-state index contributed by atoms with van der Waals surface area (Å²) in [6.45, 7) is 14.5. The molecule has 106 valence electrons. The molecule has 0 aromatic heterocycles. The van der Waals surface area contributed by atoms with E-state index in [0.717, 1.165) is 12.6 Å². The van der Waals surface area contributed by atoms with Crippen LogP contribution in [-0.2, 0) is 0 Å². The summed E-state index contributed by atoms with van der Waals surface area (Å²) in [6, 6.07) is 0.881. The van der Waals surface area contributed by atoms with E-state index in [1.807, 2.05) is 0 Å². The minimum absolute atomic E-state index is 0.273. The standard InChI is InChI=1S/C15H31N3/c1-15(2,3)16-8-4-5-9-17-11-12-18-10-6-7-14(18)13-17/h14,16H,4-13H2,1-3H3. The molecule has 0 bridgehead atoms. The van der Waals surface area contributed by atoms with Crippen LogP contribution in [0.1, 0.15) is 46.5 Å². The van der Waals surface area contributed by atoms with Crippen molar-refractivity contribution in [1.82, 2.24) is 15.1 Å². The van der Waals surface area contributed by atoms with E-state index >= 15 is 0 Å². The minimum atomic E-state index is 0.273. The Morgan fingerprint density at radius 2 is 1.94 bits per heavy atom. The van der Waals surface area contributed by atoms with Crippen LogP contribution in [0.5, 0.6) is 0 Å². The van der Waals surface area contributed by atoms with E-state index in [9.17, 15) is 0 Å². The number of unbranched alkanes of at least 4 members (excludes halogenated alkanes) is 1. The molecule has 1 atom stereocenters. The van der Waals surface area contributed by atoms with Crippen LogP contribution in [-0.4, -0.2) is 60.6 Å². The number of nitrogens with one attached hydrogen (secondary N) is 1. The highest BCUT2D eigenvalue weighted by molar-refractivity contribution is 4.86. The molecule has 0 saturated carbocycles. The fourth-order valence-electron chi connectivity index (χ4n) is 3.18. The number of rotatable bonds is 5. The quantitative estimate of drug-likeness (QED) is 0.755. The first-order chi connectivity index (χ1) is 8.54. The van der Waals surface area contributed by atoms with Crippen LogP contribution in [0, 0.1) is 0 Å². The first-order valence-electron chi connectivity index (χ1n) is 7.76. The third kappa shape index (κ3) is 4.52. The largest absolute Gasteiger partial charge is 0.312 e. The smallest absolute Gasteiger partial charge is 0.0224 e. The van der Waals surface area contributed by atoms with Crippen molar-refractivity contribution in [3.05, 3.63) is 0 Å². The molecule has 1 unspecified atom stereocenters. The molecule has 0 amide bonds. The summed E-state index contributed by atoms with van der Waals surface area (Å²) in [4.78, 5) is 5.38. The monoisotopic (exact) mass is 253 g/mol. The van der Waals surface area contributed by atoms with Gasteiger partial charge in [0.15, 0.2) is 0 Å². The van der Waals surface area contributed by atoms with Crippen LogP contribution in [0.4, 0.5) is 0 Å². The lowest BCUT2D eigenvalue weighted by Crippen LogP contribution is -2.50. The summed E-state index contributed by atoms with van der Waals surface area (Å²) >= 11 is 0. The molecule has 2 rings (SSSR count). The van der Waals surface area contributed by atoms with Crippen LogP contribution >= 0.6 is 0 Å². The van der Waals surface area contributed by atoms with Gasteiger partial charge < -0.3 is 10.2 Å². The van der Waals surface area contributed by atoms with Gasteiger partial charge in [0.1, 0.15) is 0 Å². The highest BCUT2D eigenvalue weighted by Crippen LogP contribution is 2.21. The molecule has 2 aliphatic rings. The van der Waals surface area contributed by atoms with Gasteiger partial charge in [-0.05, 0) is 66.1 Å². The van der Waals surface area contributed by atoms with Crippen LogP contribution < -0.4 is 5.32 Å². The molecule has 2 aliphatic heterocycles. The summed E-state index contributed by atoms with van der Waals surface area (Å²) in [6.07, 6.45) is 5.51. The second-order valence-corrected chi connectivity index (χ2v) is 7.02. The maximum atomic E-state index is 3.57. The van der Waals surface area contributed by atoms with Gasteiger partial charge in [0.25, 0.3) is 0 Å². The molecule has 2 heterocycles. The van der Waals surface area contributed by atoms with E-state index in [-0.39, 0.29) is 5.54 Å². The van der Waals surface area contributed by atoms with Crippen molar-refractivity contribution in [3.63, 3.8) is 0 Å². The second-order valence-electron chi connectivity index (χ2n) is 7.02. The Labute approximate surface area is 113 Å². The molecule has 0 radical (unpaired) electrons. The van der Waals surface area contributed by atoms with Crippen molar-refractivity contribution < 1.29 is 0 Å². The predicted molar refractivity (Wildman–Crippen MR) is 78.0 cm³/mol. The molecule has 0 aromatic rings. The topological polar surface area (TPSA) is 18.5 Å². The van der Waals surface area contributed by atoms with Crippen molar-refractivity contribution in [3.8, 4) is 0 Å². The fraction of sp³-hybridized carbons (Fsp3) is 1.00. The van der Waals surface area contributed by atoms with Crippen molar-refractivity contribution in [2.75, 3.05) is 39.3 Å². The zero-order chi connectivity index (χ0) is 13.0. The van der Waals surface area contributed by atoms with Gasteiger partial charge in [0.2, 0.25) is 0 Å². The SMILES string of the molecule is CC(C)(C)NCCCCN1CCN2CCCC2C1. The zero-order valence-electron chi connectivity index (χ0n) is 12.5. The van der Waals surface area contributed by atoms with Crippen LogP contribution in [0.25, 0.3) is 0 Å². The lowest BCUT2D eigenvalue weighted by molar-refractivity contribution is 0.103. The molecular weight excluding hydrogens is 222 g/mol. The van der Waals surface area contributed by atoms with Crippen molar-refractivity contribution >= 4 is 0 Å². The van der Waals surface area contributed by atoms with Gasteiger partial charge in [-0.2, -0.15) is 0 Å². The van der Waals surface area contributed by atoms with Gasteiger partial charge in [-0.15, -0.1) is 0 Å². The lowest BCUT2D eigenvalue weighted by atomic mass is 10.1. The Hall–Kier alpha value is -0.120. The number of hydrogen-bond donors (Lipinski definition) is 1. The van der Waals surface area contributed by atoms with Gasteiger partial charge in [-0.1, -0.05) is 0 Å². The summed E-state index contributed by atoms with van der Waals surface area (Å²) in [5.74, 6) is 0. The van der Waals surface area contributed by atoms with Gasteiger partial charge in [0, 0.05) is 31.2 Å². The molecule has 0 spiro atoms. The predicted octanol–water partition coefficient (Wildman–Crippen LogP) is 1.93. The van der Waals surface area contributed by atoms with E-state index in [0.29, 0.717) is 0 Å². The molecule has 3 heteroatoms. The molecule has 1 N–H and O–H groups in total. The number of nitrogens with zero attached hydrogens (tertiary/aromatic N) is 2. The first kappa shape index (κ1) is 14.3. The molecule has 0 aromatic carbocycles. The van der Waals surface area contributed by atoms with E-state index in [4.69, 9.17) is 0 Å². The second kappa shape index (κ2) is 6.36. The van der Waals surface area contributed by atoms with Crippen molar-refractivity contribution in [2.24, 2.45) is 0 Å². The minimum Gasteiger partial charge on any atom is -0.312 e. The van der Waals surface area contributed by atoms with Gasteiger partial charge in [-0.25, -0.2) is 0 Å². The third-order valence-electron chi connectivity index (χ3n) is 4.23. The number of piperazine rings is 1.